The lowest BCUT2D eigenvalue weighted by atomic mass is 10.2. The minimum atomic E-state index is -2.91. The second-order valence-electron chi connectivity index (χ2n) is 5.37. The molecule has 146 valence electrons. The molecule has 6 nitrogen and oxygen atoms in total. The number of alkyl halides is 2. The van der Waals surface area contributed by atoms with Crippen molar-refractivity contribution in [2.24, 2.45) is 4.99 Å². The monoisotopic (exact) mass is 391 g/mol. The molecular formula is C17H24ClF2N3O3. The number of benzene rings is 1. The van der Waals surface area contributed by atoms with Gasteiger partial charge in [0.2, 0.25) is 0 Å². The van der Waals surface area contributed by atoms with E-state index in [1.807, 2.05) is 0 Å². The highest BCUT2D eigenvalue weighted by Gasteiger charge is 2.11. The summed E-state index contributed by atoms with van der Waals surface area (Å²) in [5.41, 5.74) is 0.499. The molecule has 2 N–H and O–H groups in total. The smallest absolute Gasteiger partial charge is 0.387 e. The minimum Gasteiger partial charge on any atom is -0.469 e. The van der Waals surface area contributed by atoms with E-state index in [1.54, 1.807) is 13.1 Å². The Hall–Kier alpha value is -2.09. The third-order valence-electron chi connectivity index (χ3n) is 3.49. The van der Waals surface area contributed by atoms with Crippen LogP contribution >= 0.6 is 11.6 Å². The van der Waals surface area contributed by atoms with Gasteiger partial charge >= 0.3 is 12.6 Å². The van der Waals surface area contributed by atoms with E-state index in [0.29, 0.717) is 29.5 Å². The molecule has 0 aliphatic heterocycles. The lowest BCUT2D eigenvalue weighted by molar-refractivity contribution is -0.140. The number of carbonyl (C=O) groups is 1. The molecule has 1 rings (SSSR count). The SMILES string of the molecule is CN=C(NCCCCCC(=O)OC)NCc1cc(Cl)ccc1OC(F)F. The van der Waals surface area contributed by atoms with Crippen molar-refractivity contribution in [2.45, 2.75) is 38.8 Å². The van der Waals surface area contributed by atoms with Gasteiger partial charge in [0.05, 0.1) is 7.11 Å². The number of nitrogens with zero attached hydrogens (tertiary/aromatic N) is 1. The van der Waals surface area contributed by atoms with Crippen LogP contribution in [-0.4, -0.2) is 39.2 Å². The van der Waals surface area contributed by atoms with Crippen molar-refractivity contribution in [2.75, 3.05) is 20.7 Å². The van der Waals surface area contributed by atoms with Crippen molar-refractivity contribution in [1.29, 1.82) is 0 Å². The van der Waals surface area contributed by atoms with Gasteiger partial charge in [-0.1, -0.05) is 18.0 Å². The molecule has 0 aliphatic carbocycles. The molecule has 0 unspecified atom stereocenters. The average molecular weight is 392 g/mol. The maximum absolute atomic E-state index is 12.5. The molecule has 0 fully saturated rings. The normalized spacial score (nSPS) is 11.4. The van der Waals surface area contributed by atoms with Crippen molar-refractivity contribution in [3.63, 3.8) is 0 Å². The highest BCUT2D eigenvalue weighted by atomic mass is 35.5. The summed E-state index contributed by atoms with van der Waals surface area (Å²) in [6.45, 7) is -2.01. The Morgan fingerprint density at radius 2 is 2.04 bits per heavy atom. The lowest BCUT2D eigenvalue weighted by Crippen LogP contribution is -2.37. The van der Waals surface area contributed by atoms with E-state index < -0.39 is 6.61 Å². The number of hydrogen-bond donors (Lipinski definition) is 2. The van der Waals surface area contributed by atoms with Gasteiger partial charge in [-0.15, -0.1) is 0 Å². The van der Waals surface area contributed by atoms with Crippen LogP contribution in [-0.2, 0) is 16.1 Å². The molecule has 0 heterocycles. The van der Waals surface area contributed by atoms with Crippen LogP contribution in [0, 0.1) is 0 Å². The number of esters is 1. The summed E-state index contributed by atoms with van der Waals surface area (Å²) in [7, 11) is 2.98. The Morgan fingerprint density at radius 1 is 1.27 bits per heavy atom. The number of methoxy groups -OCH3 is 1. The number of unbranched alkanes of at least 4 members (excludes halogenated alkanes) is 2. The van der Waals surface area contributed by atoms with Gasteiger partial charge in [-0.2, -0.15) is 8.78 Å². The maximum Gasteiger partial charge on any atom is 0.387 e. The summed E-state index contributed by atoms with van der Waals surface area (Å²) in [6, 6.07) is 4.46. The van der Waals surface area contributed by atoms with Crippen molar-refractivity contribution < 1.29 is 23.0 Å². The zero-order valence-electron chi connectivity index (χ0n) is 14.9. The standard InChI is InChI=1S/C17H24ClF2N3O3/c1-21-17(22-9-5-3-4-6-15(24)25-2)23-11-12-10-13(18)7-8-14(12)26-16(19)20/h7-8,10,16H,3-6,9,11H2,1-2H3,(H2,21,22,23). The fourth-order valence-corrected chi connectivity index (χ4v) is 2.37. The molecule has 26 heavy (non-hydrogen) atoms. The number of nitrogens with one attached hydrogen (secondary N) is 2. The first kappa shape index (κ1) is 22.0. The van der Waals surface area contributed by atoms with E-state index in [1.165, 1.54) is 19.2 Å². The van der Waals surface area contributed by atoms with E-state index in [-0.39, 0.29) is 18.3 Å². The highest BCUT2D eigenvalue weighted by molar-refractivity contribution is 6.30. The first-order valence-electron chi connectivity index (χ1n) is 8.20. The van der Waals surface area contributed by atoms with Crippen molar-refractivity contribution in [3.8, 4) is 5.75 Å². The van der Waals surface area contributed by atoms with E-state index in [4.69, 9.17) is 11.6 Å². The van der Waals surface area contributed by atoms with E-state index in [2.05, 4.69) is 25.1 Å². The summed E-state index contributed by atoms with van der Waals surface area (Å²) in [5.74, 6) is 0.384. The number of halogens is 3. The third kappa shape index (κ3) is 8.84. The second-order valence-corrected chi connectivity index (χ2v) is 5.81. The van der Waals surface area contributed by atoms with Crippen molar-refractivity contribution in [3.05, 3.63) is 28.8 Å². The number of ether oxygens (including phenoxy) is 2. The summed E-state index contributed by atoms with van der Waals surface area (Å²) >= 11 is 5.92. The molecular weight excluding hydrogens is 368 g/mol. The number of carbonyl (C=O) groups excluding carboxylic acids is 1. The quantitative estimate of drug-likeness (QED) is 0.277. The molecule has 0 saturated heterocycles. The van der Waals surface area contributed by atoms with Crippen LogP contribution in [0.1, 0.15) is 31.2 Å². The van der Waals surface area contributed by atoms with E-state index in [0.717, 1.165) is 19.3 Å². The van der Waals surface area contributed by atoms with Gasteiger partial charge in [0.25, 0.3) is 0 Å². The van der Waals surface area contributed by atoms with E-state index in [9.17, 15) is 13.6 Å². The van der Waals surface area contributed by atoms with Gasteiger partial charge in [0.15, 0.2) is 5.96 Å². The number of hydrogen-bond acceptors (Lipinski definition) is 4. The zero-order chi connectivity index (χ0) is 19.4. The molecule has 1 aromatic carbocycles. The predicted molar refractivity (Wildman–Crippen MR) is 96.8 cm³/mol. The van der Waals surface area contributed by atoms with Crippen LogP contribution in [0.15, 0.2) is 23.2 Å². The molecule has 0 aromatic heterocycles. The van der Waals surface area contributed by atoms with Crippen LogP contribution in [0.2, 0.25) is 5.02 Å². The zero-order valence-corrected chi connectivity index (χ0v) is 15.6. The number of guanidine groups is 1. The minimum absolute atomic E-state index is 0.0650. The first-order chi connectivity index (χ1) is 12.5. The molecule has 0 bridgehead atoms. The van der Waals surface area contributed by atoms with Crippen LogP contribution in [0.3, 0.4) is 0 Å². The molecule has 0 radical (unpaired) electrons. The van der Waals surface area contributed by atoms with Crippen LogP contribution < -0.4 is 15.4 Å². The number of aliphatic imine (C=N–C) groups is 1. The fraction of sp³-hybridized carbons (Fsp3) is 0.529. The predicted octanol–water partition coefficient (Wildman–Crippen LogP) is 3.34. The Kier molecular flexibility index (Phi) is 10.4. The number of rotatable bonds is 10. The fourth-order valence-electron chi connectivity index (χ4n) is 2.18. The molecule has 1 aromatic rings. The molecule has 0 atom stereocenters. The van der Waals surface area contributed by atoms with Gasteiger partial charge in [-0.05, 0) is 31.0 Å². The third-order valence-corrected chi connectivity index (χ3v) is 3.72. The van der Waals surface area contributed by atoms with Crippen LogP contribution in [0.25, 0.3) is 0 Å². The first-order valence-corrected chi connectivity index (χ1v) is 8.58. The molecule has 0 spiro atoms. The Bertz CT molecular complexity index is 601. The Balaban J connectivity index is 2.40. The van der Waals surface area contributed by atoms with Gasteiger partial charge in [0.1, 0.15) is 5.75 Å². The van der Waals surface area contributed by atoms with Crippen molar-refractivity contribution >= 4 is 23.5 Å². The second kappa shape index (κ2) is 12.3. The van der Waals surface area contributed by atoms with Crippen molar-refractivity contribution in [1.82, 2.24) is 10.6 Å². The molecule has 0 aliphatic rings. The molecule has 0 amide bonds. The summed E-state index contributed by atoms with van der Waals surface area (Å²) in [5, 5.41) is 6.57. The van der Waals surface area contributed by atoms with Crippen LogP contribution in [0.4, 0.5) is 8.78 Å². The summed E-state index contributed by atoms with van der Waals surface area (Å²) in [4.78, 5) is 15.1. The molecule has 9 heteroatoms. The van der Waals surface area contributed by atoms with Gasteiger partial charge in [-0.25, -0.2) is 0 Å². The van der Waals surface area contributed by atoms with Gasteiger partial charge in [-0.3, -0.25) is 9.79 Å². The van der Waals surface area contributed by atoms with Gasteiger partial charge in [0, 0.05) is 37.1 Å². The highest BCUT2D eigenvalue weighted by Crippen LogP contribution is 2.24. The topological polar surface area (TPSA) is 72.0 Å². The average Bonchev–Trinajstić information content (AvgIpc) is 2.61. The summed E-state index contributed by atoms with van der Waals surface area (Å²) < 4.78 is 34.0. The Labute approximate surface area is 156 Å². The molecule has 0 saturated carbocycles. The van der Waals surface area contributed by atoms with Crippen LogP contribution in [0.5, 0.6) is 5.75 Å². The largest absolute Gasteiger partial charge is 0.469 e. The Morgan fingerprint density at radius 3 is 2.69 bits per heavy atom. The van der Waals surface area contributed by atoms with E-state index >= 15 is 0 Å². The van der Waals surface area contributed by atoms with Gasteiger partial charge < -0.3 is 20.1 Å². The summed E-state index contributed by atoms with van der Waals surface area (Å²) in [6.07, 6.45) is 2.90. The maximum atomic E-state index is 12.5. The lowest BCUT2D eigenvalue weighted by Gasteiger charge is -2.15.